The molecule has 1 aliphatic heterocycles. The molecule has 0 saturated carbocycles. The third-order valence-corrected chi connectivity index (χ3v) is 4.55. The molecule has 2 atom stereocenters. The zero-order valence-electron chi connectivity index (χ0n) is 14.1. The van der Waals surface area contributed by atoms with Crippen LogP contribution in [0.2, 0.25) is 0 Å². The molecule has 0 aliphatic carbocycles. The number of carbonyl (C=O) groups excluding carboxylic acids is 1. The van der Waals surface area contributed by atoms with Gasteiger partial charge in [-0.2, -0.15) is 0 Å². The number of likely N-dealkylation sites (tertiary alicyclic amines) is 1. The predicted molar refractivity (Wildman–Crippen MR) is 90.6 cm³/mol. The van der Waals surface area contributed by atoms with Crippen molar-refractivity contribution >= 4 is 5.97 Å². The number of nitrogens with zero attached hydrogens (tertiary/aromatic N) is 2. The largest absolute Gasteiger partial charge is 0.464 e. The standard InChI is InChI=1S/C19H21FN2O3/c1-25-19(24)17-4-2-3-15(21-17)11-22-10-9-16(18(23)12-22)13-5-7-14(20)8-6-13/h2-8,16,18,23H,9-12H2,1H3/t16-,18+/m1/s1. The van der Waals surface area contributed by atoms with Crippen LogP contribution in [0.5, 0.6) is 0 Å². The summed E-state index contributed by atoms with van der Waals surface area (Å²) in [5.41, 5.74) is 2.00. The van der Waals surface area contributed by atoms with E-state index in [1.54, 1.807) is 24.3 Å². The molecule has 1 N–H and O–H groups in total. The number of carbonyl (C=O) groups is 1. The molecule has 3 rings (SSSR count). The second-order valence-electron chi connectivity index (χ2n) is 6.25. The van der Waals surface area contributed by atoms with E-state index < -0.39 is 12.1 Å². The lowest BCUT2D eigenvalue weighted by Gasteiger charge is -2.36. The molecule has 0 spiro atoms. The first-order valence-corrected chi connectivity index (χ1v) is 8.27. The molecule has 1 saturated heterocycles. The Morgan fingerprint density at radius 3 is 2.76 bits per heavy atom. The lowest BCUT2D eigenvalue weighted by Crippen LogP contribution is -2.42. The molecule has 0 amide bonds. The molecule has 6 heteroatoms. The van der Waals surface area contributed by atoms with E-state index in [4.69, 9.17) is 0 Å². The van der Waals surface area contributed by atoms with Crippen LogP contribution in [0, 0.1) is 5.82 Å². The van der Waals surface area contributed by atoms with Crippen molar-refractivity contribution < 1.29 is 19.0 Å². The summed E-state index contributed by atoms with van der Waals surface area (Å²) in [5.74, 6) is -0.727. The number of hydrogen-bond acceptors (Lipinski definition) is 5. The summed E-state index contributed by atoms with van der Waals surface area (Å²) in [6.45, 7) is 1.85. The molecule has 132 valence electrons. The summed E-state index contributed by atoms with van der Waals surface area (Å²) < 4.78 is 17.7. The smallest absolute Gasteiger partial charge is 0.356 e. The lowest BCUT2D eigenvalue weighted by molar-refractivity contribution is 0.0468. The second-order valence-corrected chi connectivity index (χ2v) is 6.25. The molecule has 2 heterocycles. The number of piperidine rings is 1. The topological polar surface area (TPSA) is 62.7 Å². The van der Waals surface area contributed by atoms with Crippen molar-refractivity contribution in [3.8, 4) is 0 Å². The van der Waals surface area contributed by atoms with Gasteiger partial charge in [0.1, 0.15) is 11.5 Å². The highest BCUT2D eigenvalue weighted by atomic mass is 19.1. The van der Waals surface area contributed by atoms with Gasteiger partial charge in [0.05, 0.1) is 18.9 Å². The van der Waals surface area contributed by atoms with Crippen molar-refractivity contribution in [3.05, 3.63) is 65.2 Å². The maximum Gasteiger partial charge on any atom is 0.356 e. The lowest BCUT2D eigenvalue weighted by atomic mass is 9.87. The van der Waals surface area contributed by atoms with E-state index in [-0.39, 0.29) is 17.4 Å². The van der Waals surface area contributed by atoms with E-state index in [0.29, 0.717) is 13.1 Å². The first-order chi connectivity index (χ1) is 12.1. The van der Waals surface area contributed by atoms with Crippen LogP contribution in [-0.2, 0) is 11.3 Å². The fourth-order valence-electron chi connectivity index (χ4n) is 3.25. The van der Waals surface area contributed by atoms with Gasteiger partial charge in [-0.1, -0.05) is 18.2 Å². The van der Waals surface area contributed by atoms with E-state index in [1.807, 2.05) is 6.07 Å². The minimum Gasteiger partial charge on any atom is -0.464 e. The van der Waals surface area contributed by atoms with Crippen molar-refractivity contribution in [2.75, 3.05) is 20.2 Å². The number of hydrogen-bond donors (Lipinski definition) is 1. The highest BCUT2D eigenvalue weighted by molar-refractivity contribution is 5.87. The molecule has 1 aromatic carbocycles. The van der Waals surface area contributed by atoms with E-state index in [0.717, 1.165) is 24.2 Å². The highest BCUT2D eigenvalue weighted by Crippen LogP contribution is 2.29. The number of aromatic nitrogens is 1. The van der Waals surface area contributed by atoms with Crippen LogP contribution in [-0.4, -0.2) is 47.3 Å². The molecule has 1 aromatic heterocycles. The van der Waals surface area contributed by atoms with Crippen molar-refractivity contribution in [2.45, 2.75) is 25.0 Å². The van der Waals surface area contributed by atoms with Crippen LogP contribution in [0.15, 0.2) is 42.5 Å². The van der Waals surface area contributed by atoms with Crippen LogP contribution in [0.4, 0.5) is 4.39 Å². The van der Waals surface area contributed by atoms with Crippen LogP contribution >= 0.6 is 0 Å². The third-order valence-electron chi connectivity index (χ3n) is 4.55. The minimum absolute atomic E-state index is 0.00575. The zero-order chi connectivity index (χ0) is 17.8. The zero-order valence-corrected chi connectivity index (χ0v) is 14.1. The fourth-order valence-corrected chi connectivity index (χ4v) is 3.25. The fraction of sp³-hybridized carbons (Fsp3) is 0.368. The summed E-state index contributed by atoms with van der Waals surface area (Å²) in [6.07, 6.45) is 0.256. The van der Waals surface area contributed by atoms with Gasteiger partial charge >= 0.3 is 5.97 Å². The molecule has 2 aromatic rings. The molecule has 0 unspecified atom stereocenters. The Morgan fingerprint density at radius 2 is 2.08 bits per heavy atom. The summed E-state index contributed by atoms with van der Waals surface area (Å²) in [5, 5.41) is 10.5. The van der Waals surface area contributed by atoms with Crippen LogP contribution in [0.3, 0.4) is 0 Å². The number of esters is 1. The summed E-state index contributed by atoms with van der Waals surface area (Å²) in [6, 6.07) is 11.6. The van der Waals surface area contributed by atoms with Gasteiger partial charge in [0.2, 0.25) is 0 Å². The van der Waals surface area contributed by atoms with Crippen molar-refractivity contribution in [2.24, 2.45) is 0 Å². The number of methoxy groups -OCH3 is 1. The SMILES string of the molecule is COC(=O)c1cccc(CN2CC[C@H](c3ccc(F)cc3)[C@@H](O)C2)n1. The number of β-amino-alcohol motifs (C(OH)–C–C–N with tert-alkyl or cyclic N) is 1. The van der Waals surface area contributed by atoms with Gasteiger partial charge in [-0.3, -0.25) is 4.90 Å². The van der Waals surface area contributed by atoms with Gasteiger partial charge in [-0.25, -0.2) is 14.2 Å². The van der Waals surface area contributed by atoms with Gasteiger partial charge in [0.15, 0.2) is 0 Å². The van der Waals surface area contributed by atoms with Gasteiger partial charge in [-0.15, -0.1) is 0 Å². The van der Waals surface area contributed by atoms with Crippen molar-refractivity contribution in [1.82, 2.24) is 9.88 Å². The summed E-state index contributed by atoms with van der Waals surface area (Å²) in [7, 11) is 1.33. The summed E-state index contributed by atoms with van der Waals surface area (Å²) >= 11 is 0. The monoisotopic (exact) mass is 344 g/mol. The molecular weight excluding hydrogens is 323 g/mol. The Kier molecular flexibility index (Phi) is 5.40. The van der Waals surface area contributed by atoms with Crippen LogP contribution < -0.4 is 0 Å². The maximum absolute atomic E-state index is 13.1. The van der Waals surface area contributed by atoms with E-state index in [2.05, 4.69) is 14.6 Å². The maximum atomic E-state index is 13.1. The number of pyridine rings is 1. The van der Waals surface area contributed by atoms with Gasteiger partial charge < -0.3 is 9.84 Å². The second kappa shape index (κ2) is 7.72. The van der Waals surface area contributed by atoms with E-state index in [9.17, 15) is 14.3 Å². The number of benzene rings is 1. The molecule has 0 bridgehead atoms. The molecule has 1 fully saturated rings. The molecule has 1 aliphatic rings. The van der Waals surface area contributed by atoms with E-state index >= 15 is 0 Å². The van der Waals surface area contributed by atoms with Crippen molar-refractivity contribution in [1.29, 1.82) is 0 Å². The normalized spacial score (nSPS) is 21.1. The molecule has 5 nitrogen and oxygen atoms in total. The number of aliphatic hydroxyl groups excluding tert-OH is 1. The molecular formula is C19H21FN2O3. The molecule has 0 radical (unpaired) electrons. The first-order valence-electron chi connectivity index (χ1n) is 8.27. The highest BCUT2D eigenvalue weighted by Gasteiger charge is 2.29. The average molecular weight is 344 g/mol. The number of rotatable bonds is 4. The average Bonchev–Trinajstić information content (AvgIpc) is 2.62. The third kappa shape index (κ3) is 4.21. The van der Waals surface area contributed by atoms with Crippen LogP contribution in [0.1, 0.15) is 34.1 Å². The van der Waals surface area contributed by atoms with Crippen molar-refractivity contribution in [3.63, 3.8) is 0 Å². The van der Waals surface area contributed by atoms with E-state index in [1.165, 1.54) is 19.2 Å². The Bertz CT molecular complexity index is 736. The Labute approximate surface area is 146 Å². The van der Waals surface area contributed by atoms with Crippen LogP contribution in [0.25, 0.3) is 0 Å². The first kappa shape index (κ1) is 17.5. The van der Waals surface area contributed by atoms with Gasteiger partial charge in [-0.05, 0) is 42.8 Å². The predicted octanol–water partition coefficient (Wildman–Crippen LogP) is 2.36. The Hall–Kier alpha value is -2.31. The quantitative estimate of drug-likeness (QED) is 0.863. The van der Waals surface area contributed by atoms with Gasteiger partial charge in [0, 0.05) is 19.0 Å². The van der Waals surface area contributed by atoms with Gasteiger partial charge in [0.25, 0.3) is 0 Å². The number of aliphatic hydroxyl groups is 1. The summed E-state index contributed by atoms with van der Waals surface area (Å²) in [4.78, 5) is 18.0. The minimum atomic E-state index is -0.525. The molecule has 25 heavy (non-hydrogen) atoms. The number of halogens is 1. The number of ether oxygens (including phenoxy) is 1. The Balaban J connectivity index is 1.63. The Morgan fingerprint density at radius 1 is 1.32 bits per heavy atom.